The quantitative estimate of drug-likeness (QED) is 0.515. The molecule has 3 heteroatoms. The van der Waals surface area contributed by atoms with Gasteiger partial charge in [-0.2, -0.15) is 0 Å². The first-order chi connectivity index (χ1) is 4.13. The minimum absolute atomic E-state index is 1.20. The Morgan fingerprint density at radius 3 is 2.56 bits per heavy atom. The van der Waals surface area contributed by atoms with Crippen LogP contribution in [0.25, 0.3) is 0 Å². The zero-order chi connectivity index (χ0) is 6.91. The molecule has 0 aliphatic heterocycles. The highest BCUT2D eigenvalue weighted by Crippen LogP contribution is 2.24. The zero-order valence-corrected chi connectivity index (χ0v) is 5.35. The summed E-state index contributed by atoms with van der Waals surface area (Å²) in [4.78, 5) is 0. The molecule has 1 rings (SSSR count). The van der Waals surface area contributed by atoms with E-state index >= 15 is 0 Å². The molecule has 1 aliphatic carbocycles. The normalized spacial score (nSPS) is 41.4. The van der Waals surface area contributed by atoms with Crippen molar-refractivity contribution >= 4 is 11.6 Å². The van der Waals surface area contributed by atoms with Gasteiger partial charge in [0.1, 0.15) is 0 Å². The van der Waals surface area contributed by atoms with Gasteiger partial charge in [-0.15, -0.1) is 0 Å². The summed E-state index contributed by atoms with van der Waals surface area (Å²) in [5.41, 5.74) is 0. The van der Waals surface area contributed by atoms with Gasteiger partial charge in [0.15, 0.2) is 11.2 Å². The minimum atomic E-state index is -1.82. The largest absolute Gasteiger partial charge is 0.369 e. The molecule has 2 atom stereocenters. The van der Waals surface area contributed by atoms with Crippen molar-refractivity contribution in [1.29, 1.82) is 0 Å². The number of aliphatic hydroxyl groups is 1. The van der Waals surface area contributed by atoms with Crippen LogP contribution in [0.4, 0.5) is 4.39 Å². The maximum absolute atomic E-state index is 12.4. The Labute approximate surface area is 57.4 Å². The fraction of sp³-hybridized carbons (Fsp3) is 0.333. The van der Waals surface area contributed by atoms with Crippen molar-refractivity contribution in [3.05, 3.63) is 24.3 Å². The monoisotopic (exact) mass is 148 g/mol. The van der Waals surface area contributed by atoms with Gasteiger partial charge >= 0.3 is 0 Å². The van der Waals surface area contributed by atoms with Crippen LogP contribution in [0.3, 0.4) is 0 Å². The van der Waals surface area contributed by atoms with Crippen molar-refractivity contribution in [1.82, 2.24) is 0 Å². The second-order valence-corrected chi connectivity index (χ2v) is 2.48. The summed E-state index contributed by atoms with van der Waals surface area (Å²) in [6.07, 6.45) is 3.92. The van der Waals surface area contributed by atoms with Gasteiger partial charge in [0.25, 0.3) is 0 Å². The number of allylic oxidation sites excluding steroid dienone is 2. The summed E-state index contributed by atoms with van der Waals surface area (Å²) in [7, 11) is 0. The summed E-state index contributed by atoms with van der Waals surface area (Å²) < 4.78 is 12.4. The third kappa shape index (κ3) is 1.32. The molecule has 0 bridgehead atoms. The first kappa shape index (κ1) is 6.78. The molecule has 1 nitrogen and oxygen atoms in total. The van der Waals surface area contributed by atoms with Crippen molar-refractivity contribution in [2.45, 2.75) is 11.2 Å². The second-order valence-electron chi connectivity index (χ2n) is 1.87. The number of halogens is 2. The van der Waals surface area contributed by atoms with E-state index in [9.17, 15) is 4.39 Å². The first-order valence-corrected chi connectivity index (χ1v) is 2.92. The second kappa shape index (κ2) is 2.12. The Kier molecular flexibility index (Phi) is 1.60. The van der Waals surface area contributed by atoms with Gasteiger partial charge in [-0.1, -0.05) is 23.8 Å². The fourth-order valence-corrected chi connectivity index (χ4v) is 0.725. The van der Waals surface area contributed by atoms with E-state index in [0.29, 0.717) is 0 Å². The number of rotatable bonds is 0. The highest BCUT2D eigenvalue weighted by molar-refractivity contribution is 6.24. The average Bonchev–Trinajstić information content (AvgIpc) is 1.77. The van der Waals surface area contributed by atoms with Gasteiger partial charge in [-0.05, 0) is 12.2 Å². The highest BCUT2D eigenvalue weighted by atomic mass is 35.5. The molecule has 0 radical (unpaired) electrons. The predicted octanol–water partition coefficient (Wildman–Crippen LogP) is 1.38. The first-order valence-electron chi connectivity index (χ1n) is 2.54. The Balaban J connectivity index is 2.78. The third-order valence-electron chi connectivity index (χ3n) is 1.11. The molecule has 0 saturated heterocycles. The lowest BCUT2D eigenvalue weighted by Crippen LogP contribution is -2.30. The van der Waals surface area contributed by atoms with Crippen molar-refractivity contribution in [2.24, 2.45) is 0 Å². The van der Waals surface area contributed by atoms with Crippen LogP contribution < -0.4 is 0 Å². The third-order valence-corrected chi connectivity index (χ3v) is 1.44. The predicted molar refractivity (Wildman–Crippen MR) is 34.0 cm³/mol. The molecule has 9 heavy (non-hydrogen) atoms. The van der Waals surface area contributed by atoms with E-state index in [1.807, 2.05) is 0 Å². The summed E-state index contributed by atoms with van der Waals surface area (Å²) in [6.45, 7) is 0. The van der Waals surface area contributed by atoms with Gasteiger partial charge in [0.05, 0.1) is 0 Å². The molecule has 0 amide bonds. The van der Waals surface area contributed by atoms with Crippen LogP contribution in [0.5, 0.6) is 0 Å². The van der Waals surface area contributed by atoms with E-state index in [1.165, 1.54) is 24.3 Å². The van der Waals surface area contributed by atoms with Crippen LogP contribution >= 0.6 is 11.6 Å². The molecule has 0 aromatic heterocycles. The summed E-state index contributed by atoms with van der Waals surface area (Å²) in [5.74, 6) is 0. The van der Waals surface area contributed by atoms with Crippen LogP contribution in [0.2, 0.25) is 0 Å². The van der Waals surface area contributed by atoms with E-state index in [4.69, 9.17) is 16.7 Å². The molecule has 0 fully saturated rings. The van der Waals surface area contributed by atoms with Crippen molar-refractivity contribution in [2.75, 3.05) is 0 Å². The van der Waals surface area contributed by atoms with Crippen LogP contribution in [0.1, 0.15) is 0 Å². The molecular formula is C6H6ClFO. The van der Waals surface area contributed by atoms with E-state index < -0.39 is 11.2 Å². The number of hydrogen-bond donors (Lipinski definition) is 1. The summed E-state index contributed by atoms with van der Waals surface area (Å²) >= 11 is 5.26. The van der Waals surface area contributed by atoms with E-state index in [1.54, 1.807) is 0 Å². The fourth-order valence-electron chi connectivity index (χ4n) is 0.579. The molecular weight excluding hydrogens is 143 g/mol. The number of hydrogen-bond acceptors (Lipinski definition) is 1. The van der Waals surface area contributed by atoms with E-state index in [-0.39, 0.29) is 0 Å². The maximum Gasteiger partial charge on any atom is 0.192 e. The summed E-state index contributed by atoms with van der Waals surface area (Å²) in [5, 5.41) is 7.07. The lowest BCUT2D eigenvalue weighted by Gasteiger charge is -2.20. The number of alkyl halides is 2. The molecule has 0 aromatic carbocycles. The molecule has 0 saturated carbocycles. The van der Waals surface area contributed by atoms with Gasteiger partial charge in [0, 0.05) is 0 Å². The lowest BCUT2D eigenvalue weighted by molar-refractivity contribution is 0.103. The topological polar surface area (TPSA) is 20.2 Å². The highest BCUT2D eigenvalue weighted by Gasteiger charge is 2.31. The average molecular weight is 149 g/mol. The van der Waals surface area contributed by atoms with E-state index in [0.717, 1.165) is 0 Å². The van der Waals surface area contributed by atoms with E-state index in [2.05, 4.69) is 0 Å². The Bertz CT molecular complexity index is 162. The Hall–Kier alpha value is -0.340. The molecule has 0 heterocycles. The molecule has 1 N–H and O–H groups in total. The summed E-state index contributed by atoms with van der Waals surface area (Å²) in [6, 6.07) is 0. The Morgan fingerprint density at radius 1 is 1.56 bits per heavy atom. The minimum Gasteiger partial charge on any atom is -0.369 e. The van der Waals surface area contributed by atoms with Gasteiger partial charge in [-0.3, -0.25) is 0 Å². The molecule has 0 unspecified atom stereocenters. The molecule has 0 aromatic rings. The maximum atomic E-state index is 12.4. The Morgan fingerprint density at radius 2 is 2.22 bits per heavy atom. The van der Waals surface area contributed by atoms with Crippen molar-refractivity contribution in [3.8, 4) is 0 Å². The van der Waals surface area contributed by atoms with Gasteiger partial charge in [-0.25, -0.2) is 4.39 Å². The van der Waals surface area contributed by atoms with Gasteiger partial charge in [0.2, 0.25) is 0 Å². The molecule has 0 spiro atoms. The van der Waals surface area contributed by atoms with Crippen LogP contribution in [0, 0.1) is 0 Å². The molecule has 1 aliphatic rings. The smallest absolute Gasteiger partial charge is 0.192 e. The van der Waals surface area contributed by atoms with Crippen molar-refractivity contribution < 1.29 is 9.50 Å². The van der Waals surface area contributed by atoms with Gasteiger partial charge < -0.3 is 5.11 Å². The SMILES string of the molecule is O[C@@]1(Cl)C=CC=C[C@H]1F. The van der Waals surface area contributed by atoms with Crippen LogP contribution in [0.15, 0.2) is 24.3 Å². The molecule has 50 valence electrons. The van der Waals surface area contributed by atoms with Crippen LogP contribution in [-0.4, -0.2) is 16.3 Å². The van der Waals surface area contributed by atoms with Crippen LogP contribution in [-0.2, 0) is 0 Å². The standard InChI is InChI=1S/C6H6ClFO/c7-6(9)4-2-1-3-5(6)8/h1-5,9H/t5-,6+/m1/s1. The lowest BCUT2D eigenvalue weighted by atomic mass is 10.1. The van der Waals surface area contributed by atoms with Crippen molar-refractivity contribution in [3.63, 3.8) is 0 Å². The zero-order valence-electron chi connectivity index (χ0n) is 4.59.